The Morgan fingerprint density at radius 3 is 1.88 bits per heavy atom. The van der Waals surface area contributed by atoms with Crippen molar-refractivity contribution in [1.82, 2.24) is 0 Å². The number of rotatable bonds is 16. The summed E-state index contributed by atoms with van der Waals surface area (Å²) in [4.78, 5) is 24.2. The van der Waals surface area contributed by atoms with Crippen LogP contribution < -0.4 is 0 Å². The number of esters is 1. The number of unbranched alkanes of at least 4 members (excludes halogenated alkanes) is 10. The molecule has 0 saturated heterocycles. The van der Waals surface area contributed by atoms with E-state index in [9.17, 15) is 14.7 Å². The second kappa shape index (κ2) is 20.3. The van der Waals surface area contributed by atoms with Crippen molar-refractivity contribution in [2.75, 3.05) is 6.61 Å². The number of hydrogen-bond acceptors (Lipinski definition) is 3. The maximum Gasteiger partial charge on any atom is 0.339 e. The second-order valence-electron chi connectivity index (χ2n) is 9.32. The van der Waals surface area contributed by atoms with Crippen LogP contribution in [0.2, 0.25) is 0 Å². The van der Waals surface area contributed by atoms with Crippen LogP contribution in [0.3, 0.4) is 0 Å². The highest BCUT2D eigenvalue weighted by Gasteiger charge is 2.21. The summed E-state index contributed by atoms with van der Waals surface area (Å²) in [5.41, 5.74) is 1.03. The third-order valence-corrected chi connectivity index (χ3v) is 6.27. The second-order valence-corrected chi connectivity index (χ2v) is 9.32. The molecule has 1 aromatic carbocycles. The fraction of sp³-hybridized carbons (Fsp3) is 0.667. The zero-order chi connectivity index (χ0) is 24.9. The first-order chi connectivity index (χ1) is 16.6. The Hall–Kier alpha value is -2.10. The molecule has 2 rings (SSSR count). The number of benzene rings is 1. The van der Waals surface area contributed by atoms with Crippen LogP contribution in [0, 0.1) is 0 Å². The fourth-order valence-electron chi connectivity index (χ4n) is 4.21. The molecule has 4 heteroatoms. The van der Waals surface area contributed by atoms with Gasteiger partial charge in [0.2, 0.25) is 0 Å². The number of carbonyl (C=O) groups excluding carboxylic acids is 1. The summed E-state index contributed by atoms with van der Waals surface area (Å²) in [6, 6.07) is 5.15. The standard InChI is InChI=1S/C24H38O4.C6H10/c1-3-5-7-9-11-13-16-20-17-15-18-21(22(20)23(25)26)24(27)28-19-14-12-10-8-6-4-2;1-2-4-6-5-3-1/h15,17-18H,3-14,16,19H2,1-2H3,(H,25,26);1-2H,3-6H2. The van der Waals surface area contributed by atoms with E-state index in [0.717, 1.165) is 37.7 Å². The number of aryl methyl sites for hydroxylation is 1. The van der Waals surface area contributed by atoms with E-state index in [2.05, 4.69) is 26.0 Å². The minimum absolute atomic E-state index is 0.115. The summed E-state index contributed by atoms with van der Waals surface area (Å²) in [5, 5.41) is 9.65. The summed E-state index contributed by atoms with van der Waals surface area (Å²) in [6.45, 7) is 4.73. The maximum atomic E-state index is 12.4. The number of allylic oxidation sites excluding steroid dienone is 2. The Kier molecular flexibility index (Phi) is 17.9. The lowest BCUT2D eigenvalue weighted by atomic mass is 9.96. The van der Waals surface area contributed by atoms with Gasteiger partial charge in [0.25, 0.3) is 0 Å². The predicted molar refractivity (Wildman–Crippen MR) is 142 cm³/mol. The van der Waals surface area contributed by atoms with Crippen LogP contribution in [0.5, 0.6) is 0 Å². The van der Waals surface area contributed by atoms with Crippen molar-refractivity contribution in [3.8, 4) is 0 Å². The molecule has 0 spiro atoms. The van der Waals surface area contributed by atoms with Gasteiger partial charge in [-0.2, -0.15) is 0 Å². The van der Waals surface area contributed by atoms with Gasteiger partial charge in [0.05, 0.1) is 17.7 Å². The third kappa shape index (κ3) is 13.6. The number of hydrogen-bond donors (Lipinski definition) is 1. The average molecular weight is 473 g/mol. The molecule has 1 aliphatic rings. The molecule has 0 unspecified atom stereocenters. The highest BCUT2D eigenvalue weighted by molar-refractivity contribution is 6.03. The van der Waals surface area contributed by atoms with Gasteiger partial charge >= 0.3 is 11.9 Å². The van der Waals surface area contributed by atoms with Gasteiger partial charge < -0.3 is 9.84 Å². The SMILES string of the molecule is C1=CCCCC1.CCCCCCCCOC(=O)c1cccc(CCCCCCCC)c1C(=O)O. The molecular formula is C30H48O4. The monoisotopic (exact) mass is 472 g/mol. The van der Waals surface area contributed by atoms with Crippen LogP contribution in [-0.2, 0) is 11.2 Å². The first kappa shape index (κ1) is 29.9. The molecule has 1 N–H and O–H groups in total. The minimum atomic E-state index is -1.05. The number of carbonyl (C=O) groups is 2. The van der Waals surface area contributed by atoms with Gasteiger partial charge in [0.1, 0.15) is 0 Å². The molecule has 0 fully saturated rings. The molecule has 34 heavy (non-hydrogen) atoms. The first-order valence-electron chi connectivity index (χ1n) is 13.8. The van der Waals surface area contributed by atoms with Gasteiger partial charge in [-0.25, -0.2) is 9.59 Å². The molecule has 4 nitrogen and oxygen atoms in total. The van der Waals surface area contributed by atoms with Crippen molar-refractivity contribution in [1.29, 1.82) is 0 Å². The number of carboxylic acid groups (broad SMARTS) is 1. The third-order valence-electron chi connectivity index (χ3n) is 6.27. The molecule has 0 heterocycles. The highest BCUT2D eigenvalue weighted by atomic mass is 16.5. The lowest BCUT2D eigenvalue weighted by Gasteiger charge is -2.12. The topological polar surface area (TPSA) is 63.6 Å². The Balaban J connectivity index is 0.000000830. The van der Waals surface area contributed by atoms with Gasteiger partial charge in [-0.1, -0.05) is 102 Å². The minimum Gasteiger partial charge on any atom is -0.478 e. The summed E-state index contributed by atoms with van der Waals surface area (Å²) in [7, 11) is 0. The van der Waals surface area contributed by atoms with Crippen LogP contribution in [0.1, 0.15) is 143 Å². The molecule has 0 atom stereocenters. The highest BCUT2D eigenvalue weighted by Crippen LogP contribution is 2.20. The summed E-state index contributed by atoms with van der Waals surface area (Å²) in [6.07, 6.45) is 24.3. The van der Waals surface area contributed by atoms with Gasteiger partial charge in [0.15, 0.2) is 0 Å². The van der Waals surface area contributed by atoms with Crippen LogP contribution in [0.15, 0.2) is 30.4 Å². The zero-order valence-electron chi connectivity index (χ0n) is 21.8. The Morgan fingerprint density at radius 2 is 1.35 bits per heavy atom. The van der Waals surface area contributed by atoms with Crippen molar-refractivity contribution in [2.45, 2.75) is 123 Å². The van der Waals surface area contributed by atoms with Gasteiger partial charge in [-0.3, -0.25) is 0 Å². The average Bonchev–Trinajstić information content (AvgIpc) is 2.86. The maximum absolute atomic E-state index is 12.4. The van der Waals surface area contributed by atoms with Crippen molar-refractivity contribution < 1.29 is 19.4 Å². The lowest BCUT2D eigenvalue weighted by Crippen LogP contribution is -2.15. The largest absolute Gasteiger partial charge is 0.478 e. The van der Waals surface area contributed by atoms with E-state index in [1.54, 1.807) is 12.1 Å². The molecule has 0 saturated carbocycles. The van der Waals surface area contributed by atoms with E-state index in [4.69, 9.17) is 4.74 Å². The van der Waals surface area contributed by atoms with E-state index in [0.29, 0.717) is 13.0 Å². The smallest absolute Gasteiger partial charge is 0.339 e. The number of carboxylic acids is 1. The van der Waals surface area contributed by atoms with Crippen molar-refractivity contribution in [3.63, 3.8) is 0 Å². The molecule has 0 radical (unpaired) electrons. The van der Waals surface area contributed by atoms with E-state index in [1.165, 1.54) is 70.6 Å². The van der Waals surface area contributed by atoms with Crippen molar-refractivity contribution in [2.24, 2.45) is 0 Å². The molecule has 0 bridgehead atoms. The van der Waals surface area contributed by atoms with Crippen LogP contribution >= 0.6 is 0 Å². The number of ether oxygens (including phenoxy) is 1. The van der Waals surface area contributed by atoms with Crippen molar-refractivity contribution in [3.05, 3.63) is 47.0 Å². The lowest BCUT2D eigenvalue weighted by molar-refractivity contribution is 0.0487. The zero-order valence-corrected chi connectivity index (χ0v) is 21.8. The molecule has 0 amide bonds. The normalized spacial score (nSPS) is 12.6. The van der Waals surface area contributed by atoms with Gasteiger partial charge in [-0.15, -0.1) is 0 Å². The predicted octanol–water partition coefficient (Wildman–Crippen LogP) is 8.92. The molecule has 0 aromatic heterocycles. The van der Waals surface area contributed by atoms with Gasteiger partial charge in [-0.05, 0) is 56.6 Å². The Labute approximate surface area is 208 Å². The summed E-state index contributed by atoms with van der Waals surface area (Å²) < 4.78 is 5.35. The van der Waals surface area contributed by atoms with Crippen LogP contribution in [-0.4, -0.2) is 23.7 Å². The van der Waals surface area contributed by atoms with E-state index in [1.807, 2.05) is 6.07 Å². The Bertz CT molecular complexity index is 700. The van der Waals surface area contributed by atoms with Gasteiger partial charge in [0, 0.05) is 0 Å². The van der Waals surface area contributed by atoms with Crippen molar-refractivity contribution >= 4 is 11.9 Å². The van der Waals surface area contributed by atoms with E-state index in [-0.39, 0.29) is 11.1 Å². The molecule has 1 aliphatic carbocycles. The van der Waals surface area contributed by atoms with Crippen LogP contribution in [0.4, 0.5) is 0 Å². The molecular weight excluding hydrogens is 424 g/mol. The quantitative estimate of drug-likeness (QED) is 0.148. The summed E-state index contributed by atoms with van der Waals surface area (Å²) in [5.74, 6) is -1.57. The molecule has 0 aliphatic heterocycles. The van der Waals surface area contributed by atoms with E-state index >= 15 is 0 Å². The van der Waals surface area contributed by atoms with E-state index < -0.39 is 11.9 Å². The Morgan fingerprint density at radius 1 is 0.794 bits per heavy atom. The molecule has 1 aromatic rings. The molecule has 192 valence electrons. The first-order valence-corrected chi connectivity index (χ1v) is 13.8. The van der Waals surface area contributed by atoms with Crippen LogP contribution in [0.25, 0.3) is 0 Å². The summed E-state index contributed by atoms with van der Waals surface area (Å²) >= 11 is 0. The number of aromatic carboxylic acids is 1. The fourth-order valence-corrected chi connectivity index (χ4v) is 4.21.